The van der Waals surface area contributed by atoms with E-state index < -0.39 is 24.6 Å². The summed E-state index contributed by atoms with van der Waals surface area (Å²) in [4.78, 5) is 29.7. The summed E-state index contributed by atoms with van der Waals surface area (Å²) in [5, 5.41) is 23.3. The van der Waals surface area contributed by atoms with E-state index in [1.54, 1.807) is 0 Å². The van der Waals surface area contributed by atoms with Crippen molar-refractivity contribution in [3.05, 3.63) is 60.2 Å². The highest BCUT2D eigenvalue weighted by atomic mass is 16.4. The van der Waals surface area contributed by atoms with Crippen LogP contribution in [-0.4, -0.2) is 58.8 Å². The second-order valence-electron chi connectivity index (χ2n) is 8.29. The minimum absolute atomic E-state index is 0.520. The number of hydrogen-bond acceptors (Lipinski definition) is 7. The third-order valence-electron chi connectivity index (χ3n) is 5.23. The molecule has 1 aliphatic carbocycles. The number of carbonyl (C=O) groups excluding carboxylic acids is 1. The molecule has 0 aliphatic heterocycles. The van der Waals surface area contributed by atoms with Gasteiger partial charge in [0.05, 0.1) is 0 Å². The number of nitrogens with two attached hydrogens (primary N) is 3. The van der Waals surface area contributed by atoms with Crippen molar-refractivity contribution in [2.24, 2.45) is 17.2 Å². The van der Waals surface area contributed by atoms with Gasteiger partial charge < -0.3 is 32.5 Å². The summed E-state index contributed by atoms with van der Waals surface area (Å²) in [6, 6.07) is 17.5. The fraction of sp³-hybridized carbons (Fsp3) is 0.444. The Balaban J connectivity index is 0.000000489. The quantitative estimate of drug-likeness (QED) is 0.232. The average Bonchev–Trinajstić information content (AvgIpc) is 2.91. The highest BCUT2D eigenvalue weighted by Crippen LogP contribution is 2.18. The van der Waals surface area contributed by atoms with Crippen molar-refractivity contribution in [3.63, 3.8) is 0 Å². The lowest BCUT2D eigenvalue weighted by molar-refractivity contribution is -0.140. The normalized spacial score (nSPS) is 13.3. The Morgan fingerprint density at radius 1 is 0.917 bits per heavy atom. The molecule has 0 aromatic heterocycles. The van der Waals surface area contributed by atoms with Crippen LogP contribution >= 0.6 is 0 Å². The minimum Gasteiger partial charge on any atom is -0.480 e. The molecule has 0 heterocycles. The zero-order valence-electron chi connectivity index (χ0n) is 20.8. The number of aliphatic hydroxyl groups is 1. The van der Waals surface area contributed by atoms with E-state index in [-0.39, 0.29) is 0 Å². The van der Waals surface area contributed by atoms with Crippen LogP contribution in [0.3, 0.4) is 0 Å². The van der Waals surface area contributed by atoms with Crippen molar-refractivity contribution in [2.45, 2.75) is 63.5 Å². The van der Waals surface area contributed by atoms with Crippen molar-refractivity contribution >= 4 is 18.2 Å². The van der Waals surface area contributed by atoms with E-state index in [1.165, 1.54) is 37.7 Å². The third kappa shape index (κ3) is 17.3. The lowest BCUT2D eigenvalue weighted by atomic mass is 9.97. The van der Waals surface area contributed by atoms with Crippen molar-refractivity contribution in [1.29, 1.82) is 0 Å². The maximum absolute atomic E-state index is 10.5. The lowest BCUT2D eigenvalue weighted by Crippen LogP contribution is -2.29. The van der Waals surface area contributed by atoms with Gasteiger partial charge >= 0.3 is 11.9 Å². The van der Waals surface area contributed by atoms with Gasteiger partial charge in [-0.25, -0.2) is 4.79 Å². The van der Waals surface area contributed by atoms with E-state index in [0.717, 1.165) is 24.7 Å². The molecule has 0 bridgehead atoms. The van der Waals surface area contributed by atoms with Gasteiger partial charge in [-0.05, 0) is 43.4 Å². The number of rotatable bonds is 8. The zero-order valence-corrected chi connectivity index (χ0v) is 20.8. The molecule has 1 aliphatic rings. The first-order valence-corrected chi connectivity index (χ1v) is 12.1. The molecule has 200 valence electrons. The number of aliphatic hydroxyl groups excluding tert-OH is 1. The summed E-state index contributed by atoms with van der Waals surface area (Å²) in [5.74, 6) is -2.12. The molecular weight excluding hydrogens is 462 g/mol. The van der Waals surface area contributed by atoms with Gasteiger partial charge in [-0.1, -0.05) is 80.3 Å². The Labute approximate surface area is 213 Å². The SMILES string of the molecule is NC1CCCCC1.NCCCC[C@H](N)C(=O)O.O=C(O)CO.O=Cc1ccc(-c2ccccc2)cc1. The molecule has 0 saturated heterocycles. The predicted octanol–water partition coefficient (Wildman–Crippen LogP) is 3.03. The number of aliphatic carboxylic acids is 2. The Kier molecular flexibility index (Phi) is 19.4. The maximum atomic E-state index is 10.5. The molecule has 9 nitrogen and oxygen atoms in total. The van der Waals surface area contributed by atoms with Crippen LogP contribution in [0.25, 0.3) is 11.1 Å². The molecule has 9 heteroatoms. The third-order valence-corrected chi connectivity index (χ3v) is 5.23. The Hall–Kier alpha value is -3.11. The van der Waals surface area contributed by atoms with Gasteiger partial charge in [0, 0.05) is 11.6 Å². The van der Waals surface area contributed by atoms with E-state index in [9.17, 15) is 9.59 Å². The summed E-state index contributed by atoms with van der Waals surface area (Å²) in [6.07, 6.45) is 9.68. The molecule has 0 unspecified atom stereocenters. The van der Waals surface area contributed by atoms with Crippen LogP contribution in [0, 0.1) is 0 Å². The highest BCUT2D eigenvalue weighted by molar-refractivity contribution is 5.76. The van der Waals surface area contributed by atoms with Gasteiger partial charge in [-0.2, -0.15) is 0 Å². The fourth-order valence-corrected chi connectivity index (χ4v) is 3.15. The Morgan fingerprint density at radius 2 is 1.44 bits per heavy atom. The molecule has 0 spiro atoms. The second kappa shape index (κ2) is 21.2. The van der Waals surface area contributed by atoms with E-state index in [1.807, 2.05) is 42.5 Å². The molecular formula is C27H41N3O6. The smallest absolute Gasteiger partial charge is 0.329 e. The second-order valence-corrected chi connectivity index (χ2v) is 8.29. The molecule has 0 amide bonds. The Bertz CT molecular complexity index is 840. The predicted molar refractivity (Wildman–Crippen MR) is 142 cm³/mol. The van der Waals surface area contributed by atoms with E-state index in [0.29, 0.717) is 24.6 Å². The van der Waals surface area contributed by atoms with Gasteiger partial charge in [0.15, 0.2) is 0 Å². The van der Waals surface area contributed by atoms with Crippen LogP contribution in [-0.2, 0) is 9.59 Å². The molecule has 2 aromatic rings. The summed E-state index contributed by atoms with van der Waals surface area (Å²) in [6.45, 7) is -0.174. The van der Waals surface area contributed by atoms with Crippen molar-refractivity contribution < 1.29 is 29.7 Å². The zero-order chi connectivity index (χ0) is 27.2. The molecule has 3 rings (SSSR count). The average molecular weight is 504 g/mol. The number of hydrogen-bond donors (Lipinski definition) is 6. The number of aldehydes is 1. The minimum atomic E-state index is -1.19. The molecule has 2 aromatic carbocycles. The summed E-state index contributed by atoms with van der Waals surface area (Å²) < 4.78 is 0. The lowest BCUT2D eigenvalue weighted by Gasteiger charge is -2.15. The highest BCUT2D eigenvalue weighted by Gasteiger charge is 2.09. The van der Waals surface area contributed by atoms with Gasteiger partial charge in [-0.3, -0.25) is 9.59 Å². The molecule has 1 saturated carbocycles. The van der Waals surface area contributed by atoms with Crippen LogP contribution < -0.4 is 17.2 Å². The van der Waals surface area contributed by atoms with E-state index in [4.69, 9.17) is 37.3 Å². The van der Waals surface area contributed by atoms with Gasteiger partial charge in [0.2, 0.25) is 0 Å². The van der Waals surface area contributed by atoms with Gasteiger partial charge in [0.1, 0.15) is 18.9 Å². The van der Waals surface area contributed by atoms with Gasteiger partial charge in [-0.15, -0.1) is 0 Å². The largest absolute Gasteiger partial charge is 0.480 e. The number of carboxylic acid groups (broad SMARTS) is 2. The summed E-state index contributed by atoms with van der Waals surface area (Å²) >= 11 is 0. The van der Waals surface area contributed by atoms with Crippen LogP contribution in [0.1, 0.15) is 61.7 Å². The van der Waals surface area contributed by atoms with Crippen LogP contribution in [0.5, 0.6) is 0 Å². The van der Waals surface area contributed by atoms with Crippen LogP contribution in [0.2, 0.25) is 0 Å². The summed E-state index contributed by atoms with van der Waals surface area (Å²) in [5.41, 5.74) is 19.1. The molecule has 1 fully saturated rings. The van der Waals surface area contributed by atoms with Crippen molar-refractivity contribution in [1.82, 2.24) is 0 Å². The van der Waals surface area contributed by atoms with Crippen molar-refractivity contribution in [3.8, 4) is 11.1 Å². The number of carbonyl (C=O) groups is 3. The van der Waals surface area contributed by atoms with E-state index >= 15 is 0 Å². The maximum Gasteiger partial charge on any atom is 0.329 e. The standard InChI is InChI=1S/C13H10O.C6H14N2O2.C6H13N.C2H4O3/c14-10-11-6-8-13(9-7-11)12-4-2-1-3-5-12;7-4-2-1-3-5(8)6(9)10;7-6-4-2-1-3-5-6;3-1-2(4)5/h1-10H;5H,1-4,7-8H2,(H,9,10);6H,1-5,7H2;3H,1H2,(H,4,5)/t;5-;;/m.0../s1. The molecule has 9 N–H and O–H groups in total. The Morgan fingerprint density at radius 3 is 1.83 bits per heavy atom. The fourth-order valence-electron chi connectivity index (χ4n) is 3.15. The first kappa shape index (κ1) is 32.9. The first-order valence-electron chi connectivity index (χ1n) is 12.1. The van der Waals surface area contributed by atoms with Crippen LogP contribution in [0.4, 0.5) is 0 Å². The first-order chi connectivity index (χ1) is 17.2. The number of carboxylic acids is 2. The van der Waals surface area contributed by atoms with Crippen LogP contribution in [0.15, 0.2) is 54.6 Å². The monoisotopic (exact) mass is 503 g/mol. The number of unbranched alkanes of at least 4 members (excludes halogenated alkanes) is 1. The number of benzene rings is 2. The van der Waals surface area contributed by atoms with Gasteiger partial charge in [0.25, 0.3) is 0 Å². The molecule has 0 radical (unpaired) electrons. The van der Waals surface area contributed by atoms with E-state index in [2.05, 4.69) is 12.1 Å². The topological polar surface area (TPSA) is 190 Å². The summed E-state index contributed by atoms with van der Waals surface area (Å²) in [7, 11) is 0. The molecule has 36 heavy (non-hydrogen) atoms. The molecule has 1 atom stereocenters. The van der Waals surface area contributed by atoms with Crippen molar-refractivity contribution in [2.75, 3.05) is 13.2 Å².